The number of carbonyl (C=O) groups is 3. The Balaban J connectivity index is 2.11. The maximum atomic E-state index is 13.2. The maximum Gasteiger partial charge on any atom is 0.355 e. The topological polar surface area (TPSA) is 103 Å². The fourth-order valence-corrected chi connectivity index (χ4v) is 5.13. The first-order chi connectivity index (χ1) is 15.8. The summed E-state index contributed by atoms with van der Waals surface area (Å²) in [7, 11) is 0. The molecular formula is C24H31N3O5S. The first-order valence-electron chi connectivity index (χ1n) is 11.2. The Bertz CT molecular complexity index is 1070. The van der Waals surface area contributed by atoms with Gasteiger partial charge in [-0.3, -0.25) is 9.59 Å². The van der Waals surface area contributed by atoms with E-state index in [1.165, 1.54) is 11.3 Å². The molecule has 0 radical (unpaired) electrons. The minimum Gasteiger partial charge on any atom is -0.507 e. The Morgan fingerprint density at radius 1 is 1.24 bits per heavy atom. The molecule has 1 saturated heterocycles. The standard InChI is InChI=1S/C24H31N3O5S/c1-6-26(7-2)11-12-27-20(16-10-9-13-33-16)18(22(29)23(27)30)21(28)17-14(4)19(25-15(17)5)24(31)32-8-3/h9-10,13,20,25,28H,6-8,11-12H2,1-5H3/b21-18+. The molecule has 2 aromatic rings. The van der Waals surface area contributed by atoms with E-state index in [0.29, 0.717) is 29.9 Å². The van der Waals surface area contributed by atoms with E-state index in [9.17, 15) is 19.5 Å². The van der Waals surface area contributed by atoms with Gasteiger partial charge in [0, 0.05) is 29.2 Å². The monoisotopic (exact) mass is 473 g/mol. The number of likely N-dealkylation sites (N-methyl/N-ethyl adjacent to an activating group) is 1. The van der Waals surface area contributed by atoms with Crippen LogP contribution in [0, 0.1) is 13.8 Å². The minimum absolute atomic E-state index is 0.0441. The summed E-state index contributed by atoms with van der Waals surface area (Å²) in [6.45, 7) is 12.1. The number of likely N-dealkylation sites (tertiary alicyclic amines) is 1. The number of esters is 1. The Labute approximate surface area is 197 Å². The summed E-state index contributed by atoms with van der Waals surface area (Å²) in [4.78, 5) is 46.0. The number of nitrogens with one attached hydrogen (secondary N) is 1. The zero-order valence-corrected chi connectivity index (χ0v) is 20.5. The number of ether oxygens (including phenoxy) is 1. The zero-order valence-electron chi connectivity index (χ0n) is 19.7. The van der Waals surface area contributed by atoms with Crippen molar-refractivity contribution in [3.8, 4) is 0 Å². The lowest BCUT2D eigenvalue weighted by Gasteiger charge is -2.27. The normalized spacial score (nSPS) is 17.9. The molecule has 8 nitrogen and oxygen atoms in total. The smallest absolute Gasteiger partial charge is 0.355 e. The van der Waals surface area contributed by atoms with Crippen molar-refractivity contribution in [2.24, 2.45) is 0 Å². The molecule has 1 aliphatic rings. The fraction of sp³-hybridized carbons (Fsp3) is 0.458. The number of aromatic amines is 1. The third kappa shape index (κ3) is 4.60. The van der Waals surface area contributed by atoms with Gasteiger partial charge in [0.25, 0.3) is 11.7 Å². The highest BCUT2D eigenvalue weighted by molar-refractivity contribution is 7.10. The number of aliphatic hydroxyl groups is 1. The lowest BCUT2D eigenvalue weighted by atomic mass is 9.97. The van der Waals surface area contributed by atoms with Crippen LogP contribution in [-0.4, -0.2) is 70.3 Å². The van der Waals surface area contributed by atoms with Crippen molar-refractivity contribution < 1.29 is 24.2 Å². The summed E-state index contributed by atoms with van der Waals surface area (Å²) in [5.41, 5.74) is 1.61. The number of aryl methyl sites for hydroxylation is 1. The number of H-pyrrole nitrogens is 1. The molecular weight excluding hydrogens is 442 g/mol. The second-order valence-electron chi connectivity index (χ2n) is 7.88. The summed E-state index contributed by atoms with van der Waals surface area (Å²) in [5, 5.41) is 13.2. The van der Waals surface area contributed by atoms with E-state index in [0.717, 1.165) is 18.0 Å². The molecule has 0 aromatic carbocycles. The third-order valence-corrected chi connectivity index (χ3v) is 6.98. The van der Waals surface area contributed by atoms with Crippen molar-refractivity contribution in [1.82, 2.24) is 14.8 Å². The quantitative estimate of drug-likeness (QED) is 0.250. The average Bonchev–Trinajstić information content (AvgIpc) is 3.48. The first kappa shape index (κ1) is 24.7. The van der Waals surface area contributed by atoms with Crippen LogP contribution in [0.5, 0.6) is 0 Å². The number of hydrogen-bond donors (Lipinski definition) is 2. The molecule has 3 heterocycles. The molecule has 1 unspecified atom stereocenters. The van der Waals surface area contributed by atoms with Crippen LogP contribution < -0.4 is 0 Å². The molecule has 2 aromatic heterocycles. The van der Waals surface area contributed by atoms with Crippen molar-refractivity contribution >= 4 is 34.8 Å². The van der Waals surface area contributed by atoms with Gasteiger partial charge in [-0.25, -0.2) is 4.79 Å². The number of rotatable bonds is 9. The SMILES string of the molecule is CCOC(=O)c1[nH]c(C)c(/C(O)=C2\C(=O)C(=O)N(CCN(CC)CC)C2c2cccs2)c1C. The van der Waals surface area contributed by atoms with Crippen molar-refractivity contribution in [3.63, 3.8) is 0 Å². The van der Waals surface area contributed by atoms with Gasteiger partial charge in [0.05, 0.1) is 18.2 Å². The van der Waals surface area contributed by atoms with Gasteiger partial charge in [0.2, 0.25) is 0 Å². The van der Waals surface area contributed by atoms with Gasteiger partial charge in [0.15, 0.2) is 0 Å². The summed E-state index contributed by atoms with van der Waals surface area (Å²) < 4.78 is 5.09. The maximum absolute atomic E-state index is 13.2. The van der Waals surface area contributed by atoms with Gasteiger partial charge in [-0.1, -0.05) is 19.9 Å². The van der Waals surface area contributed by atoms with Crippen molar-refractivity contribution in [2.45, 2.75) is 40.7 Å². The van der Waals surface area contributed by atoms with Crippen LogP contribution in [0.15, 0.2) is 23.1 Å². The minimum atomic E-state index is -0.719. The summed E-state index contributed by atoms with van der Waals surface area (Å²) in [5.74, 6) is -2.16. The average molecular weight is 474 g/mol. The number of carbonyl (C=O) groups excluding carboxylic acids is 3. The van der Waals surface area contributed by atoms with E-state index in [1.807, 2.05) is 31.4 Å². The number of Topliss-reactive ketones (excluding diaryl/α,β-unsaturated/α-hetero) is 1. The van der Waals surface area contributed by atoms with Crippen LogP contribution in [0.4, 0.5) is 0 Å². The molecule has 1 amide bonds. The lowest BCUT2D eigenvalue weighted by Crippen LogP contribution is -2.37. The van der Waals surface area contributed by atoms with Gasteiger partial charge in [0.1, 0.15) is 11.5 Å². The highest BCUT2D eigenvalue weighted by Gasteiger charge is 2.47. The van der Waals surface area contributed by atoms with Crippen LogP contribution in [-0.2, 0) is 14.3 Å². The first-order valence-corrected chi connectivity index (χ1v) is 12.0. The van der Waals surface area contributed by atoms with Crippen LogP contribution in [0.25, 0.3) is 5.76 Å². The van der Waals surface area contributed by atoms with E-state index >= 15 is 0 Å². The molecule has 2 N–H and O–H groups in total. The number of ketones is 1. The van der Waals surface area contributed by atoms with E-state index in [4.69, 9.17) is 4.74 Å². The highest BCUT2D eigenvalue weighted by Crippen LogP contribution is 2.42. The lowest BCUT2D eigenvalue weighted by molar-refractivity contribution is -0.140. The largest absolute Gasteiger partial charge is 0.507 e. The van der Waals surface area contributed by atoms with E-state index < -0.39 is 23.7 Å². The van der Waals surface area contributed by atoms with Gasteiger partial charge in [-0.15, -0.1) is 11.3 Å². The number of aliphatic hydroxyl groups excluding tert-OH is 1. The molecule has 1 aliphatic heterocycles. The summed E-state index contributed by atoms with van der Waals surface area (Å²) in [6, 6.07) is 3.04. The molecule has 33 heavy (non-hydrogen) atoms. The predicted molar refractivity (Wildman–Crippen MR) is 127 cm³/mol. The summed E-state index contributed by atoms with van der Waals surface area (Å²) >= 11 is 1.43. The molecule has 9 heteroatoms. The molecule has 1 fully saturated rings. The van der Waals surface area contributed by atoms with Crippen molar-refractivity contribution in [2.75, 3.05) is 32.8 Å². The van der Waals surface area contributed by atoms with Gasteiger partial charge < -0.3 is 24.6 Å². The van der Waals surface area contributed by atoms with E-state index in [1.54, 1.807) is 25.7 Å². The predicted octanol–water partition coefficient (Wildman–Crippen LogP) is 3.63. The molecule has 178 valence electrons. The Kier molecular flexibility index (Phi) is 7.76. The van der Waals surface area contributed by atoms with Crippen LogP contribution in [0.2, 0.25) is 0 Å². The molecule has 1 atom stereocenters. The fourth-order valence-electron chi connectivity index (χ4n) is 4.29. The van der Waals surface area contributed by atoms with Gasteiger partial charge in [-0.05, 0) is 50.9 Å². The second kappa shape index (κ2) is 10.4. The number of aromatic nitrogens is 1. The number of hydrogen-bond acceptors (Lipinski definition) is 7. The van der Waals surface area contributed by atoms with Crippen LogP contribution in [0.3, 0.4) is 0 Å². The second-order valence-corrected chi connectivity index (χ2v) is 8.86. The van der Waals surface area contributed by atoms with Crippen molar-refractivity contribution in [3.05, 3.63) is 50.5 Å². The number of amides is 1. The van der Waals surface area contributed by atoms with E-state index in [-0.39, 0.29) is 23.6 Å². The Morgan fingerprint density at radius 2 is 1.94 bits per heavy atom. The van der Waals surface area contributed by atoms with Crippen molar-refractivity contribution in [1.29, 1.82) is 0 Å². The van der Waals surface area contributed by atoms with Crippen LogP contribution in [0.1, 0.15) is 59.0 Å². The molecule has 0 spiro atoms. The number of nitrogens with zero attached hydrogens (tertiary/aromatic N) is 2. The Hall–Kier alpha value is -2.91. The van der Waals surface area contributed by atoms with Gasteiger partial charge in [-0.2, -0.15) is 0 Å². The zero-order chi connectivity index (χ0) is 24.3. The summed E-state index contributed by atoms with van der Waals surface area (Å²) in [6.07, 6.45) is 0. The molecule has 0 aliphatic carbocycles. The molecule has 0 saturated carbocycles. The van der Waals surface area contributed by atoms with Gasteiger partial charge >= 0.3 is 5.97 Å². The highest BCUT2D eigenvalue weighted by atomic mass is 32.1. The van der Waals surface area contributed by atoms with E-state index in [2.05, 4.69) is 9.88 Å². The number of thiophene rings is 1. The molecule has 3 rings (SSSR count). The van der Waals surface area contributed by atoms with Crippen LogP contribution >= 0.6 is 11.3 Å². The third-order valence-electron chi connectivity index (χ3n) is 6.06. The Morgan fingerprint density at radius 3 is 2.52 bits per heavy atom. The molecule has 0 bridgehead atoms.